The summed E-state index contributed by atoms with van der Waals surface area (Å²) in [5, 5.41) is 11.1. The van der Waals surface area contributed by atoms with E-state index in [4.69, 9.17) is 15.8 Å². The predicted octanol–water partition coefficient (Wildman–Crippen LogP) is 3.32. The van der Waals surface area contributed by atoms with Gasteiger partial charge in [-0.1, -0.05) is 36.4 Å². The molecule has 0 spiro atoms. The lowest BCUT2D eigenvalue weighted by atomic mass is 10.3. The Bertz CT molecular complexity index is 533. The van der Waals surface area contributed by atoms with Gasteiger partial charge in [-0.15, -0.1) is 10.2 Å². The van der Waals surface area contributed by atoms with Gasteiger partial charge < -0.3 is 16.4 Å². The van der Waals surface area contributed by atoms with E-state index in [9.17, 15) is 0 Å². The summed E-state index contributed by atoms with van der Waals surface area (Å²) in [6.45, 7) is 0. The molecule has 0 fully saturated rings. The van der Waals surface area contributed by atoms with Crippen LogP contribution in [0.4, 0.5) is 0 Å². The van der Waals surface area contributed by atoms with Crippen molar-refractivity contribution in [2.24, 2.45) is 32.1 Å². The maximum atomic E-state index is 6.00. The molecule has 6 N–H and O–H groups in total. The van der Waals surface area contributed by atoms with Gasteiger partial charge in [-0.2, -0.15) is 10.2 Å². The van der Waals surface area contributed by atoms with E-state index < -0.39 is 0 Å². The van der Waals surface area contributed by atoms with Gasteiger partial charge in [-0.3, -0.25) is 0 Å². The van der Waals surface area contributed by atoms with Crippen LogP contribution in [0.1, 0.15) is 0 Å². The Morgan fingerprint density at radius 3 is 1.26 bits per heavy atom. The van der Waals surface area contributed by atoms with E-state index in [0.29, 0.717) is 0 Å². The van der Waals surface area contributed by atoms with Crippen molar-refractivity contribution in [1.29, 1.82) is 11.1 Å². The zero-order chi connectivity index (χ0) is 17.2. The second-order valence-electron chi connectivity index (χ2n) is 3.52. The third-order valence-corrected chi connectivity index (χ3v) is 1.97. The summed E-state index contributed by atoms with van der Waals surface area (Å²) >= 11 is 0. The lowest BCUT2D eigenvalue weighted by molar-refractivity contribution is 0.482. The van der Waals surface area contributed by atoms with Crippen molar-refractivity contribution in [3.05, 3.63) is 60.7 Å². The van der Waals surface area contributed by atoms with Gasteiger partial charge in [0.15, 0.2) is 12.7 Å². The first-order valence-electron chi connectivity index (χ1n) is 6.23. The second-order valence-corrected chi connectivity index (χ2v) is 3.52. The number of nitrogens with one attached hydrogen (secondary N) is 2. The number of hydrogen-bond donors (Lipinski definition) is 4. The number of benzene rings is 2. The maximum Gasteiger partial charge on any atom is 0.156 e. The minimum atomic E-state index is 0.869. The largest absolute Gasteiger partial charge is 0.457 e. The first kappa shape index (κ1) is 19.4. The molecular weight excluding hydrogens is 296 g/mol. The molecular formula is C14H18N8O. The van der Waals surface area contributed by atoms with Gasteiger partial charge in [0.05, 0.1) is 0 Å². The van der Waals surface area contributed by atoms with Crippen molar-refractivity contribution in [2.75, 3.05) is 0 Å². The van der Waals surface area contributed by atoms with Gasteiger partial charge in [0.1, 0.15) is 11.5 Å². The average molecular weight is 314 g/mol. The summed E-state index contributed by atoms with van der Waals surface area (Å²) in [6, 6.07) is 19.5. The van der Waals surface area contributed by atoms with Crippen LogP contribution in [0.2, 0.25) is 0 Å². The maximum absolute atomic E-state index is 6.00. The van der Waals surface area contributed by atoms with Crippen LogP contribution >= 0.6 is 0 Å². The molecule has 0 bridgehead atoms. The molecule has 0 heterocycles. The highest BCUT2D eigenvalue weighted by molar-refractivity contribution is 5.53. The van der Waals surface area contributed by atoms with Crippen LogP contribution in [-0.4, -0.2) is 12.7 Å². The third kappa shape index (κ3) is 11.9. The van der Waals surface area contributed by atoms with Gasteiger partial charge in [0.2, 0.25) is 0 Å². The minimum absolute atomic E-state index is 0.869. The number of rotatable bonds is 4. The molecule has 0 radical (unpaired) electrons. The molecule has 120 valence electrons. The van der Waals surface area contributed by atoms with Crippen molar-refractivity contribution in [1.82, 2.24) is 0 Å². The monoisotopic (exact) mass is 314 g/mol. The Kier molecular flexibility index (Phi) is 12.5. The number of ether oxygens (including phenoxy) is 1. The summed E-state index contributed by atoms with van der Waals surface area (Å²) in [7, 11) is 0. The summed E-state index contributed by atoms with van der Waals surface area (Å²) in [5.41, 5.74) is 12.0. The van der Waals surface area contributed by atoms with E-state index in [1.54, 1.807) is 0 Å². The van der Waals surface area contributed by atoms with E-state index in [1.165, 1.54) is 0 Å². The van der Waals surface area contributed by atoms with Gasteiger partial charge in [-0.25, -0.2) is 11.1 Å². The highest BCUT2D eigenvalue weighted by atomic mass is 16.5. The molecule has 0 atom stereocenters. The van der Waals surface area contributed by atoms with Crippen LogP contribution in [0.25, 0.3) is 0 Å². The molecule has 2 aromatic carbocycles. The van der Waals surface area contributed by atoms with E-state index in [0.717, 1.165) is 24.2 Å². The number of para-hydroxylation sites is 2. The van der Waals surface area contributed by atoms with Crippen molar-refractivity contribution in [3.8, 4) is 11.5 Å². The number of nitrogens with two attached hydrogens (primary N) is 2. The SMILES string of the molecule is N=NC=NN.N=NC=NN.c1ccc(Oc2ccccc2)cc1. The molecule has 9 heteroatoms. The molecule has 0 saturated heterocycles. The van der Waals surface area contributed by atoms with Crippen molar-refractivity contribution in [2.45, 2.75) is 0 Å². The zero-order valence-corrected chi connectivity index (χ0v) is 12.3. The molecule has 0 amide bonds. The fourth-order valence-corrected chi connectivity index (χ4v) is 1.18. The molecule has 9 nitrogen and oxygen atoms in total. The average Bonchev–Trinajstić information content (AvgIpc) is 2.59. The van der Waals surface area contributed by atoms with Gasteiger partial charge in [-0.05, 0) is 24.3 Å². The quantitative estimate of drug-likeness (QED) is 0.224. The van der Waals surface area contributed by atoms with Crippen LogP contribution in [0, 0.1) is 11.1 Å². The van der Waals surface area contributed by atoms with Crippen LogP contribution in [0.3, 0.4) is 0 Å². The van der Waals surface area contributed by atoms with E-state index >= 15 is 0 Å². The standard InChI is InChI=1S/C12H10O.2CH4N4/c1-3-7-11(8-4-1)13-12-9-5-2-6-10-12;2*2-4-1-5-3/h1-10H;2*1-2H,3H2. The first-order chi connectivity index (χ1) is 11.3. The molecule has 0 aliphatic rings. The summed E-state index contributed by atoms with van der Waals surface area (Å²) in [4.78, 5) is 0. The molecule has 0 aliphatic carbocycles. The van der Waals surface area contributed by atoms with Crippen LogP contribution in [0.15, 0.2) is 81.1 Å². The molecule has 0 aliphatic heterocycles. The highest BCUT2D eigenvalue weighted by Crippen LogP contribution is 2.19. The Labute approximate surface area is 133 Å². The summed E-state index contributed by atoms with van der Waals surface area (Å²) < 4.78 is 5.58. The molecule has 2 rings (SSSR count). The topological polar surface area (TPSA) is 158 Å². The Balaban J connectivity index is 0.000000406. The predicted molar refractivity (Wildman–Crippen MR) is 88.6 cm³/mol. The number of nitrogens with zero attached hydrogens (tertiary/aromatic N) is 4. The molecule has 0 aromatic heterocycles. The summed E-state index contributed by atoms with van der Waals surface area (Å²) in [6.07, 6.45) is 1.89. The molecule has 2 aromatic rings. The number of hydrogen-bond acceptors (Lipinski definition) is 7. The Morgan fingerprint density at radius 2 is 1.04 bits per heavy atom. The normalized spacial score (nSPS) is 9.22. The van der Waals surface area contributed by atoms with Gasteiger partial charge in [0.25, 0.3) is 0 Å². The molecule has 0 saturated carbocycles. The van der Waals surface area contributed by atoms with Gasteiger partial charge in [0, 0.05) is 0 Å². The van der Waals surface area contributed by atoms with Crippen LogP contribution in [0.5, 0.6) is 11.5 Å². The fourth-order valence-electron chi connectivity index (χ4n) is 1.18. The highest BCUT2D eigenvalue weighted by Gasteiger charge is 1.92. The summed E-state index contributed by atoms with van der Waals surface area (Å²) in [5.74, 6) is 10.7. The Hall–Kier alpha value is -3.62. The lowest BCUT2D eigenvalue weighted by Crippen LogP contribution is -1.81. The van der Waals surface area contributed by atoms with E-state index in [1.807, 2.05) is 60.7 Å². The van der Waals surface area contributed by atoms with Crippen molar-refractivity contribution in [3.63, 3.8) is 0 Å². The zero-order valence-electron chi connectivity index (χ0n) is 12.3. The second kappa shape index (κ2) is 14.8. The van der Waals surface area contributed by atoms with E-state index in [-0.39, 0.29) is 0 Å². The van der Waals surface area contributed by atoms with Crippen LogP contribution < -0.4 is 16.4 Å². The third-order valence-electron chi connectivity index (χ3n) is 1.97. The molecule has 0 unspecified atom stereocenters. The minimum Gasteiger partial charge on any atom is -0.457 e. The molecule has 23 heavy (non-hydrogen) atoms. The van der Waals surface area contributed by atoms with Crippen molar-refractivity contribution >= 4 is 12.7 Å². The number of hydrazone groups is 2. The van der Waals surface area contributed by atoms with Crippen LogP contribution in [-0.2, 0) is 0 Å². The van der Waals surface area contributed by atoms with E-state index in [2.05, 4.69) is 32.1 Å². The Morgan fingerprint density at radius 1 is 0.696 bits per heavy atom. The fraction of sp³-hybridized carbons (Fsp3) is 0. The van der Waals surface area contributed by atoms with Gasteiger partial charge >= 0.3 is 0 Å². The first-order valence-corrected chi connectivity index (χ1v) is 6.23. The smallest absolute Gasteiger partial charge is 0.156 e. The van der Waals surface area contributed by atoms with Crippen molar-refractivity contribution < 1.29 is 4.74 Å². The lowest BCUT2D eigenvalue weighted by Gasteiger charge is -2.03.